The standard InChI is InChI=1S/C29H31N7O4/c37-24-12-6-17-35(18-7-15-33-28(38)26-23(11-5-13-31-26)40-19-16-30-24)29(39)25-22-10-4-14-32-27(22)36(34-25)20-21-8-2-1-3-9-21/h1-5,8-11,13-14H,6-7,12,15-20H2,(H,30,37)(H,33,38). The van der Waals surface area contributed by atoms with Crippen molar-refractivity contribution < 1.29 is 19.1 Å². The molecule has 4 heterocycles. The molecule has 11 heteroatoms. The van der Waals surface area contributed by atoms with Crippen LogP contribution in [0.5, 0.6) is 5.75 Å². The summed E-state index contributed by atoms with van der Waals surface area (Å²) in [6, 6.07) is 16.9. The van der Waals surface area contributed by atoms with Gasteiger partial charge in [-0.3, -0.25) is 14.4 Å². The third kappa shape index (κ3) is 6.42. The first-order chi connectivity index (χ1) is 19.6. The molecule has 0 radical (unpaired) electrons. The topological polar surface area (TPSA) is 131 Å². The van der Waals surface area contributed by atoms with Gasteiger partial charge < -0.3 is 20.3 Å². The molecular weight excluding hydrogens is 510 g/mol. The highest BCUT2D eigenvalue weighted by molar-refractivity contribution is 6.04. The van der Waals surface area contributed by atoms with E-state index in [1.165, 1.54) is 6.20 Å². The molecule has 0 spiro atoms. The molecule has 1 aliphatic heterocycles. The number of nitrogens with zero attached hydrogens (tertiary/aromatic N) is 5. The normalized spacial score (nSPS) is 15.6. The molecular formula is C29H31N7O4. The maximum atomic E-state index is 13.8. The molecule has 0 saturated carbocycles. The molecule has 40 heavy (non-hydrogen) atoms. The van der Waals surface area contributed by atoms with Crippen LogP contribution in [-0.2, 0) is 11.3 Å². The average Bonchev–Trinajstić information content (AvgIpc) is 3.34. The van der Waals surface area contributed by atoms with Gasteiger partial charge in [0.1, 0.15) is 6.61 Å². The van der Waals surface area contributed by atoms with E-state index in [1.54, 1.807) is 34.0 Å². The van der Waals surface area contributed by atoms with E-state index < -0.39 is 0 Å². The second-order valence-corrected chi connectivity index (χ2v) is 9.42. The lowest BCUT2D eigenvalue weighted by Gasteiger charge is -2.22. The Bertz CT molecular complexity index is 1490. The van der Waals surface area contributed by atoms with Gasteiger partial charge in [0.05, 0.1) is 18.5 Å². The Kier molecular flexibility index (Phi) is 8.60. The SMILES string of the molecule is O=C1CCCN(C(=O)c2nn(Cc3ccccc3)c3ncccc23)CCCNC(=O)c2ncccc2OCCN1. The van der Waals surface area contributed by atoms with Crippen molar-refractivity contribution >= 4 is 28.8 Å². The first-order valence-corrected chi connectivity index (χ1v) is 13.4. The maximum Gasteiger partial charge on any atom is 0.275 e. The number of nitrogens with one attached hydrogen (secondary N) is 2. The molecule has 206 valence electrons. The third-order valence-corrected chi connectivity index (χ3v) is 6.56. The Labute approximate surface area is 231 Å². The highest BCUT2D eigenvalue weighted by Crippen LogP contribution is 2.20. The number of carbonyl (C=O) groups is 3. The van der Waals surface area contributed by atoms with E-state index in [-0.39, 0.29) is 43.0 Å². The van der Waals surface area contributed by atoms with Crippen LogP contribution in [0.2, 0.25) is 0 Å². The van der Waals surface area contributed by atoms with Gasteiger partial charge >= 0.3 is 0 Å². The number of amides is 3. The van der Waals surface area contributed by atoms with Crippen LogP contribution in [0.4, 0.5) is 0 Å². The minimum absolute atomic E-state index is 0.131. The summed E-state index contributed by atoms with van der Waals surface area (Å²) in [5, 5.41) is 11.0. The summed E-state index contributed by atoms with van der Waals surface area (Å²) in [5.74, 6) is -0.377. The second-order valence-electron chi connectivity index (χ2n) is 9.42. The number of fused-ring (bicyclic) bond motifs is 2. The van der Waals surface area contributed by atoms with E-state index in [0.29, 0.717) is 61.5 Å². The molecule has 3 aromatic heterocycles. The lowest BCUT2D eigenvalue weighted by atomic mass is 10.2. The van der Waals surface area contributed by atoms with Gasteiger partial charge in [0.2, 0.25) is 5.91 Å². The minimum Gasteiger partial charge on any atom is -0.489 e. The summed E-state index contributed by atoms with van der Waals surface area (Å²) < 4.78 is 7.42. The maximum absolute atomic E-state index is 13.8. The number of rotatable bonds is 3. The Hall–Kier alpha value is -4.80. The lowest BCUT2D eigenvalue weighted by molar-refractivity contribution is -0.121. The van der Waals surface area contributed by atoms with Crippen molar-refractivity contribution in [1.29, 1.82) is 0 Å². The Balaban J connectivity index is 1.35. The zero-order valence-corrected chi connectivity index (χ0v) is 22.1. The van der Waals surface area contributed by atoms with Crippen LogP contribution in [0.1, 0.15) is 45.8 Å². The van der Waals surface area contributed by atoms with E-state index in [9.17, 15) is 14.4 Å². The van der Waals surface area contributed by atoms with Crippen molar-refractivity contribution in [3.05, 3.63) is 83.9 Å². The number of hydrogen-bond donors (Lipinski definition) is 2. The lowest BCUT2D eigenvalue weighted by Crippen LogP contribution is -2.37. The Morgan fingerprint density at radius 2 is 1.70 bits per heavy atom. The highest BCUT2D eigenvalue weighted by Gasteiger charge is 2.24. The molecule has 0 bridgehead atoms. The van der Waals surface area contributed by atoms with Gasteiger partial charge in [-0.2, -0.15) is 5.10 Å². The van der Waals surface area contributed by atoms with Crippen molar-refractivity contribution in [2.24, 2.45) is 0 Å². The molecule has 1 aromatic carbocycles. The summed E-state index contributed by atoms with van der Waals surface area (Å²) in [7, 11) is 0. The van der Waals surface area contributed by atoms with E-state index >= 15 is 0 Å². The second kappa shape index (κ2) is 12.8. The van der Waals surface area contributed by atoms with Crippen LogP contribution in [0.3, 0.4) is 0 Å². The molecule has 4 aromatic rings. The first kappa shape index (κ1) is 26.8. The molecule has 2 N–H and O–H groups in total. The third-order valence-electron chi connectivity index (χ3n) is 6.56. The average molecular weight is 542 g/mol. The van der Waals surface area contributed by atoms with E-state index in [2.05, 4.69) is 25.7 Å². The predicted molar refractivity (Wildman–Crippen MR) is 148 cm³/mol. The molecule has 0 saturated heterocycles. The fourth-order valence-corrected chi connectivity index (χ4v) is 4.60. The number of benzene rings is 1. The van der Waals surface area contributed by atoms with Crippen LogP contribution < -0.4 is 15.4 Å². The zero-order chi connectivity index (χ0) is 27.7. The van der Waals surface area contributed by atoms with Crippen molar-refractivity contribution in [3.8, 4) is 5.75 Å². The fourth-order valence-electron chi connectivity index (χ4n) is 4.60. The molecule has 0 atom stereocenters. The Morgan fingerprint density at radius 1 is 0.900 bits per heavy atom. The number of pyridine rings is 2. The molecule has 11 nitrogen and oxygen atoms in total. The molecule has 0 fully saturated rings. The quantitative estimate of drug-likeness (QED) is 0.407. The van der Waals surface area contributed by atoms with Crippen LogP contribution in [0.15, 0.2) is 67.0 Å². The smallest absolute Gasteiger partial charge is 0.275 e. The van der Waals surface area contributed by atoms with Crippen molar-refractivity contribution in [2.45, 2.75) is 25.8 Å². The van der Waals surface area contributed by atoms with Gasteiger partial charge in [-0.15, -0.1) is 0 Å². The van der Waals surface area contributed by atoms with Gasteiger partial charge in [0, 0.05) is 38.4 Å². The summed E-state index contributed by atoms with van der Waals surface area (Å²) in [6.07, 6.45) is 4.47. The molecule has 1 aliphatic rings. The minimum atomic E-state index is -0.360. The highest BCUT2D eigenvalue weighted by atomic mass is 16.5. The van der Waals surface area contributed by atoms with Gasteiger partial charge in [-0.25, -0.2) is 14.6 Å². The van der Waals surface area contributed by atoms with E-state index in [0.717, 1.165) is 5.56 Å². The number of ether oxygens (including phenoxy) is 1. The zero-order valence-electron chi connectivity index (χ0n) is 22.1. The largest absolute Gasteiger partial charge is 0.489 e. The molecule has 3 amide bonds. The monoisotopic (exact) mass is 541 g/mol. The summed E-state index contributed by atoms with van der Waals surface area (Å²) in [4.78, 5) is 49.4. The van der Waals surface area contributed by atoms with Crippen molar-refractivity contribution in [3.63, 3.8) is 0 Å². The Morgan fingerprint density at radius 3 is 2.58 bits per heavy atom. The van der Waals surface area contributed by atoms with Gasteiger partial charge in [-0.05, 0) is 42.7 Å². The van der Waals surface area contributed by atoms with Crippen LogP contribution in [0, 0.1) is 0 Å². The number of aromatic nitrogens is 4. The fraction of sp³-hybridized carbons (Fsp3) is 0.310. The van der Waals surface area contributed by atoms with Gasteiger partial charge in [-0.1, -0.05) is 30.3 Å². The van der Waals surface area contributed by atoms with Crippen LogP contribution in [-0.4, -0.2) is 75.2 Å². The van der Waals surface area contributed by atoms with Crippen LogP contribution in [0.25, 0.3) is 11.0 Å². The molecule has 0 unspecified atom stereocenters. The molecule has 0 aliphatic carbocycles. The summed E-state index contributed by atoms with van der Waals surface area (Å²) >= 11 is 0. The van der Waals surface area contributed by atoms with Gasteiger partial charge in [0.15, 0.2) is 22.8 Å². The van der Waals surface area contributed by atoms with Crippen LogP contribution >= 0.6 is 0 Å². The van der Waals surface area contributed by atoms with Crippen molar-refractivity contribution in [1.82, 2.24) is 35.3 Å². The first-order valence-electron chi connectivity index (χ1n) is 13.4. The number of hydrogen-bond acceptors (Lipinski definition) is 7. The summed E-state index contributed by atoms with van der Waals surface area (Å²) in [5.41, 5.74) is 2.17. The van der Waals surface area contributed by atoms with E-state index in [4.69, 9.17) is 4.74 Å². The summed E-state index contributed by atoms with van der Waals surface area (Å²) in [6.45, 7) is 2.05. The molecule has 5 rings (SSSR count). The van der Waals surface area contributed by atoms with E-state index in [1.807, 2.05) is 36.4 Å². The predicted octanol–water partition coefficient (Wildman–Crippen LogP) is 2.43. The van der Waals surface area contributed by atoms with Gasteiger partial charge in [0.25, 0.3) is 11.8 Å². The van der Waals surface area contributed by atoms with Crippen molar-refractivity contribution in [2.75, 3.05) is 32.8 Å². The number of carbonyl (C=O) groups excluding carboxylic acids is 3.